The molecular weight excluding hydrogens is 442 g/mol. The number of carbonyl (C=O) groups is 2. The van der Waals surface area contributed by atoms with Crippen LogP contribution in [0.4, 0.5) is 11.6 Å². The maximum Gasteiger partial charge on any atom is 0.230 e. The Kier molecular flexibility index (Phi) is 7.77. The number of nitrogens with zero attached hydrogens (tertiary/aromatic N) is 3. The highest BCUT2D eigenvalue weighted by Gasteiger charge is 2.27. The topological polar surface area (TPSA) is 96.5 Å². The highest BCUT2D eigenvalue weighted by molar-refractivity contribution is 6.33. The molecule has 2 fully saturated rings. The Bertz CT molecular complexity index is 996. The first kappa shape index (κ1) is 23.4. The molecule has 1 atom stereocenters. The molecule has 2 aromatic heterocycles. The lowest BCUT2D eigenvalue weighted by molar-refractivity contribution is -0.132. The van der Waals surface area contributed by atoms with Gasteiger partial charge in [0.15, 0.2) is 0 Å². The van der Waals surface area contributed by atoms with Crippen molar-refractivity contribution in [2.24, 2.45) is 11.8 Å². The van der Waals surface area contributed by atoms with E-state index in [1.54, 1.807) is 11.0 Å². The zero-order valence-corrected chi connectivity index (χ0v) is 19.6. The Morgan fingerprint density at radius 3 is 2.82 bits per heavy atom. The number of likely N-dealkylation sites (tertiary alicyclic amines) is 1. The van der Waals surface area contributed by atoms with E-state index in [9.17, 15) is 9.59 Å². The lowest BCUT2D eigenvalue weighted by Gasteiger charge is -2.31. The number of aromatic nitrogens is 2. The number of hydrogen-bond donors (Lipinski definition) is 2. The Morgan fingerprint density at radius 2 is 2.03 bits per heavy atom. The highest BCUT2D eigenvalue weighted by Crippen LogP contribution is 2.29. The van der Waals surface area contributed by atoms with Crippen molar-refractivity contribution >= 4 is 35.1 Å². The lowest BCUT2D eigenvalue weighted by Crippen LogP contribution is -2.42. The van der Waals surface area contributed by atoms with Crippen LogP contribution in [0.5, 0.6) is 0 Å². The zero-order chi connectivity index (χ0) is 23.2. The van der Waals surface area contributed by atoms with E-state index in [0.29, 0.717) is 41.1 Å². The van der Waals surface area contributed by atoms with Gasteiger partial charge in [-0.25, -0.2) is 9.97 Å². The van der Waals surface area contributed by atoms with Crippen LogP contribution in [0, 0.1) is 11.8 Å². The van der Waals surface area contributed by atoms with Crippen molar-refractivity contribution in [1.82, 2.24) is 14.9 Å². The highest BCUT2D eigenvalue weighted by atomic mass is 35.5. The number of halogens is 1. The molecule has 9 heteroatoms. The standard InChI is InChI=1S/C24H30ClN5O3/c1-16(31)30-9-3-4-18(15-30)24(32)29-23-12-19(20(25)14-27-23)21-5-2-6-22(28-21)26-13-17-7-10-33-11-8-17/h2,5-6,12,14,17-18H,3-4,7-11,13,15H2,1H3,(H,26,28)(H,27,29,32). The van der Waals surface area contributed by atoms with Crippen molar-refractivity contribution in [2.75, 3.05) is 43.5 Å². The summed E-state index contributed by atoms with van der Waals surface area (Å²) in [6, 6.07) is 7.50. The molecule has 8 nitrogen and oxygen atoms in total. The number of anilines is 2. The fourth-order valence-corrected chi connectivity index (χ4v) is 4.49. The molecule has 2 N–H and O–H groups in total. The Balaban J connectivity index is 1.43. The molecule has 0 aromatic carbocycles. The van der Waals surface area contributed by atoms with Crippen molar-refractivity contribution in [3.63, 3.8) is 0 Å². The van der Waals surface area contributed by atoms with E-state index in [-0.39, 0.29) is 17.7 Å². The molecule has 176 valence electrons. The number of carbonyl (C=O) groups excluding carboxylic acids is 2. The van der Waals surface area contributed by atoms with E-state index in [0.717, 1.165) is 51.3 Å². The summed E-state index contributed by atoms with van der Waals surface area (Å²) >= 11 is 6.43. The predicted molar refractivity (Wildman–Crippen MR) is 128 cm³/mol. The molecule has 0 bridgehead atoms. The third-order valence-electron chi connectivity index (χ3n) is 6.28. The van der Waals surface area contributed by atoms with Gasteiger partial charge in [-0.05, 0) is 49.8 Å². The average molecular weight is 472 g/mol. The number of piperidine rings is 1. The van der Waals surface area contributed by atoms with Gasteiger partial charge in [0.05, 0.1) is 16.6 Å². The molecule has 1 unspecified atom stereocenters. The summed E-state index contributed by atoms with van der Waals surface area (Å²) in [5.74, 6) is 1.39. The van der Waals surface area contributed by atoms with Crippen LogP contribution in [-0.2, 0) is 14.3 Å². The predicted octanol–water partition coefficient (Wildman–Crippen LogP) is 3.83. The Labute approximate surface area is 199 Å². The fourth-order valence-electron chi connectivity index (χ4n) is 4.29. The van der Waals surface area contributed by atoms with Gasteiger partial charge < -0.3 is 20.3 Å². The number of pyridine rings is 2. The van der Waals surface area contributed by atoms with Crippen molar-refractivity contribution < 1.29 is 14.3 Å². The number of hydrogen-bond acceptors (Lipinski definition) is 6. The van der Waals surface area contributed by atoms with Crippen LogP contribution in [0.15, 0.2) is 30.5 Å². The molecule has 0 radical (unpaired) electrons. The van der Waals surface area contributed by atoms with Gasteiger partial charge in [-0.3, -0.25) is 9.59 Å². The van der Waals surface area contributed by atoms with Gasteiger partial charge in [0.1, 0.15) is 11.6 Å². The minimum Gasteiger partial charge on any atom is -0.381 e. The molecule has 0 saturated carbocycles. The van der Waals surface area contributed by atoms with Crippen molar-refractivity contribution in [1.29, 1.82) is 0 Å². The minimum atomic E-state index is -0.251. The van der Waals surface area contributed by atoms with E-state index >= 15 is 0 Å². The largest absolute Gasteiger partial charge is 0.381 e. The molecule has 2 aliphatic rings. The van der Waals surface area contributed by atoms with Crippen LogP contribution in [-0.4, -0.2) is 59.5 Å². The van der Waals surface area contributed by atoms with E-state index in [4.69, 9.17) is 21.3 Å². The summed E-state index contributed by atoms with van der Waals surface area (Å²) in [5.41, 5.74) is 1.40. The van der Waals surface area contributed by atoms with Crippen molar-refractivity contribution in [2.45, 2.75) is 32.6 Å². The summed E-state index contributed by atoms with van der Waals surface area (Å²) in [6.07, 6.45) is 5.19. The second-order valence-corrected chi connectivity index (χ2v) is 9.09. The normalized spacial score (nSPS) is 19.2. The average Bonchev–Trinajstić information content (AvgIpc) is 2.85. The molecule has 4 heterocycles. The lowest BCUT2D eigenvalue weighted by atomic mass is 9.97. The third-order valence-corrected chi connectivity index (χ3v) is 6.58. The smallest absolute Gasteiger partial charge is 0.230 e. The zero-order valence-electron chi connectivity index (χ0n) is 18.8. The van der Waals surface area contributed by atoms with E-state index in [2.05, 4.69) is 15.6 Å². The fraction of sp³-hybridized carbons (Fsp3) is 0.500. The SMILES string of the molecule is CC(=O)N1CCCC(C(=O)Nc2cc(-c3cccc(NCC4CCOCC4)n3)c(Cl)cn2)C1. The molecule has 0 spiro atoms. The van der Waals surface area contributed by atoms with Crippen LogP contribution < -0.4 is 10.6 Å². The third kappa shape index (κ3) is 6.21. The van der Waals surface area contributed by atoms with Gasteiger partial charge in [0.2, 0.25) is 11.8 Å². The molecule has 2 amide bonds. The van der Waals surface area contributed by atoms with E-state index < -0.39 is 0 Å². The number of nitrogens with one attached hydrogen (secondary N) is 2. The van der Waals surface area contributed by atoms with Crippen molar-refractivity contribution in [3.8, 4) is 11.3 Å². The van der Waals surface area contributed by atoms with Gasteiger partial charge in [0.25, 0.3) is 0 Å². The molecule has 2 saturated heterocycles. The van der Waals surface area contributed by atoms with Crippen molar-refractivity contribution in [3.05, 3.63) is 35.5 Å². The second kappa shape index (κ2) is 10.9. The Morgan fingerprint density at radius 1 is 1.21 bits per heavy atom. The van der Waals surface area contributed by atoms with Crippen LogP contribution in [0.3, 0.4) is 0 Å². The van der Waals surface area contributed by atoms with Gasteiger partial charge in [-0.15, -0.1) is 0 Å². The maximum atomic E-state index is 12.8. The van der Waals surface area contributed by atoms with Crippen LogP contribution in [0.1, 0.15) is 32.6 Å². The van der Waals surface area contributed by atoms with Gasteiger partial charge in [-0.2, -0.15) is 0 Å². The summed E-state index contributed by atoms with van der Waals surface area (Å²) in [6.45, 7) is 5.15. The molecule has 0 aliphatic carbocycles. The summed E-state index contributed by atoms with van der Waals surface area (Å²) in [4.78, 5) is 35.2. The monoisotopic (exact) mass is 471 g/mol. The van der Waals surface area contributed by atoms with Gasteiger partial charge in [0, 0.05) is 51.5 Å². The summed E-state index contributed by atoms with van der Waals surface area (Å²) in [7, 11) is 0. The van der Waals surface area contributed by atoms with Crippen LogP contribution >= 0.6 is 11.6 Å². The maximum absolute atomic E-state index is 12.8. The molecule has 2 aromatic rings. The number of ether oxygens (including phenoxy) is 1. The van der Waals surface area contributed by atoms with Gasteiger partial charge in [-0.1, -0.05) is 17.7 Å². The van der Waals surface area contributed by atoms with E-state index in [1.807, 2.05) is 18.2 Å². The minimum absolute atomic E-state index is 0.00390. The second-order valence-electron chi connectivity index (χ2n) is 8.69. The molecule has 4 rings (SSSR count). The first-order chi connectivity index (χ1) is 16.0. The first-order valence-electron chi connectivity index (χ1n) is 11.5. The number of rotatable bonds is 6. The summed E-state index contributed by atoms with van der Waals surface area (Å²) < 4.78 is 5.42. The quantitative estimate of drug-likeness (QED) is 0.664. The molecule has 33 heavy (non-hydrogen) atoms. The Hall–Kier alpha value is -2.71. The first-order valence-corrected chi connectivity index (χ1v) is 11.9. The molecule has 2 aliphatic heterocycles. The summed E-state index contributed by atoms with van der Waals surface area (Å²) in [5, 5.41) is 6.77. The van der Waals surface area contributed by atoms with Gasteiger partial charge >= 0.3 is 0 Å². The molecular formula is C24H30ClN5O3. The van der Waals surface area contributed by atoms with Crippen LogP contribution in [0.25, 0.3) is 11.3 Å². The van der Waals surface area contributed by atoms with E-state index in [1.165, 1.54) is 13.1 Å². The van der Waals surface area contributed by atoms with Crippen LogP contribution in [0.2, 0.25) is 5.02 Å². The number of amides is 2.